The van der Waals surface area contributed by atoms with Crippen molar-refractivity contribution in [3.8, 4) is 27.9 Å². The number of hydrogen-bond acceptors (Lipinski definition) is 3. The van der Waals surface area contributed by atoms with Crippen LogP contribution in [-0.2, 0) is 0 Å². The van der Waals surface area contributed by atoms with Crippen molar-refractivity contribution in [3.05, 3.63) is 218 Å². The molecule has 0 aliphatic heterocycles. The van der Waals surface area contributed by atoms with Crippen molar-refractivity contribution in [2.24, 2.45) is 0 Å². The number of rotatable bonds is 6. The Morgan fingerprint density at radius 3 is 1.90 bits per heavy atom. The van der Waals surface area contributed by atoms with E-state index in [4.69, 9.17) is 4.42 Å². The number of thiophene rings is 1. The summed E-state index contributed by atoms with van der Waals surface area (Å²) in [7, 11) is 0. The van der Waals surface area contributed by atoms with Gasteiger partial charge in [0.05, 0.1) is 21.4 Å². The van der Waals surface area contributed by atoms with Crippen molar-refractivity contribution in [2.75, 3.05) is 4.90 Å². The second kappa shape index (κ2) is 13.8. The number of furan rings is 1. The third-order valence-electron chi connectivity index (χ3n) is 12.6. The Hall–Kier alpha value is -7.92. The first kappa shape index (κ1) is 34.9. The minimum Gasteiger partial charge on any atom is -0.455 e. The Balaban J connectivity index is 0.950. The number of aromatic nitrogens is 1. The lowest BCUT2D eigenvalue weighted by molar-refractivity contribution is 0.670. The van der Waals surface area contributed by atoms with E-state index in [2.05, 4.69) is 216 Å². The molecule has 290 valence electrons. The van der Waals surface area contributed by atoms with Crippen LogP contribution < -0.4 is 4.90 Å². The van der Waals surface area contributed by atoms with Crippen LogP contribution in [0.5, 0.6) is 0 Å². The monoisotopic (exact) mass is 808 g/mol. The maximum absolute atomic E-state index is 6.45. The smallest absolute Gasteiger partial charge is 0.143 e. The number of benzene rings is 10. The maximum Gasteiger partial charge on any atom is 0.143 e. The predicted molar refractivity (Wildman–Crippen MR) is 264 cm³/mol. The Morgan fingerprint density at radius 1 is 0.419 bits per heavy atom. The summed E-state index contributed by atoms with van der Waals surface area (Å²) in [6.07, 6.45) is 0. The van der Waals surface area contributed by atoms with Gasteiger partial charge in [0.15, 0.2) is 0 Å². The van der Waals surface area contributed by atoms with E-state index in [1.165, 1.54) is 63.9 Å². The molecule has 0 spiro atoms. The van der Waals surface area contributed by atoms with Gasteiger partial charge in [-0.1, -0.05) is 158 Å². The molecule has 0 bridgehead atoms. The fourth-order valence-electron chi connectivity index (χ4n) is 9.71. The summed E-state index contributed by atoms with van der Waals surface area (Å²) < 4.78 is 11.4. The standard InChI is InChI=1S/C58H36N2OS/c1-2-13-41(14-3-1)60-53-36-40(29-34-46(53)49-35-28-38-12-4-5-15-44(38)56(49)60)37-24-30-42(31-25-37)59(52-21-11-20-51-48-17-7-9-23-55(48)62-58(51)52)43-32-26-39(27-33-43)45-18-10-19-50-47-16-6-8-22-54(47)61-57(45)50/h1-36H. The molecule has 0 aliphatic carbocycles. The van der Waals surface area contributed by atoms with Crippen LogP contribution >= 0.6 is 11.3 Å². The second-order valence-corrected chi connectivity index (χ2v) is 17.1. The molecule has 0 amide bonds. The van der Waals surface area contributed by atoms with E-state index >= 15 is 0 Å². The summed E-state index contributed by atoms with van der Waals surface area (Å²) in [6.45, 7) is 0. The highest BCUT2D eigenvalue weighted by Crippen LogP contribution is 2.46. The number of hydrogen-bond donors (Lipinski definition) is 0. The maximum atomic E-state index is 6.45. The number of fused-ring (bicyclic) bond motifs is 11. The van der Waals surface area contributed by atoms with Crippen LogP contribution in [0.1, 0.15) is 0 Å². The molecule has 4 heteroatoms. The molecule has 3 nitrogen and oxygen atoms in total. The molecule has 10 aromatic carbocycles. The molecule has 0 N–H and O–H groups in total. The first-order valence-electron chi connectivity index (χ1n) is 21.1. The van der Waals surface area contributed by atoms with E-state index in [-0.39, 0.29) is 0 Å². The van der Waals surface area contributed by atoms with Crippen molar-refractivity contribution in [1.29, 1.82) is 0 Å². The molecule has 0 unspecified atom stereocenters. The molecule has 0 fully saturated rings. The van der Waals surface area contributed by atoms with E-state index in [0.29, 0.717) is 0 Å². The second-order valence-electron chi connectivity index (χ2n) is 16.0. The Morgan fingerprint density at radius 2 is 1.06 bits per heavy atom. The van der Waals surface area contributed by atoms with Crippen LogP contribution in [0.2, 0.25) is 0 Å². The number of para-hydroxylation sites is 3. The van der Waals surface area contributed by atoms with Crippen molar-refractivity contribution < 1.29 is 4.42 Å². The first-order chi connectivity index (χ1) is 30.7. The third kappa shape index (κ3) is 5.37. The topological polar surface area (TPSA) is 21.3 Å². The van der Waals surface area contributed by atoms with Gasteiger partial charge in [0.1, 0.15) is 11.2 Å². The average molecular weight is 809 g/mol. The zero-order valence-corrected chi connectivity index (χ0v) is 34.3. The fraction of sp³-hybridized carbons (Fsp3) is 0. The summed E-state index contributed by atoms with van der Waals surface area (Å²) >= 11 is 1.86. The Bertz CT molecular complexity index is 3860. The van der Waals surface area contributed by atoms with Gasteiger partial charge in [0.2, 0.25) is 0 Å². The van der Waals surface area contributed by atoms with Crippen molar-refractivity contribution in [1.82, 2.24) is 4.57 Å². The molecule has 3 aromatic heterocycles. The van der Waals surface area contributed by atoms with Crippen LogP contribution in [0.3, 0.4) is 0 Å². The Kier molecular flexibility index (Phi) is 7.78. The van der Waals surface area contributed by atoms with E-state index in [0.717, 1.165) is 55.8 Å². The Labute approximate surface area is 361 Å². The molecule has 0 saturated carbocycles. The van der Waals surface area contributed by atoms with Gasteiger partial charge in [-0.25, -0.2) is 0 Å². The van der Waals surface area contributed by atoms with E-state index < -0.39 is 0 Å². The third-order valence-corrected chi connectivity index (χ3v) is 13.8. The van der Waals surface area contributed by atoms with Gasteiger partial charge in [-0.05, 0) is 82.7 Å². The van der Waals surface area contributed by atoms with E-state index in [1.54, 1.807) is 0 Å². The predicted octanol–water partition coefficient (Wildman–Crippen LogP) is 17.0. The van der Waals surface area contributed by atoms with Crippen LogP contribution in [-0.4, -0.2) is 4.57 Å². The van der Waals surface area contributed by atoms with Crippen LogP contribution in [0.15, 0.2) is 223 Å². The minimum atomic E-state index is 0.907. The van der Waals surface area contributed by atoms with E-state index in [1.807, 2.05) is 23.5 Å². The van der Waals surface area contributed by atoms with Crippen LogP contribution in [0.25, 0.3) is 103 Å². The first-order valence-corrected chi connectivity index (χ1v) is 21.9. The molecular weight excluding hydrogens is 773 g/mol. The summed E-state index contributed by atoms with van der Waals surface area (Å²) in [5.74, 6) is 0. The number of nitrogens with zero attached hydrogens (tertiary/aromatic N) is 2. The largest absolute Gasteiger partial charge is 0.455 e. The SMILES string of the molecule is c1ccc(-n2c3cc(-c4ccc(N(c5ccc(-c6cccc7c6oc6ccccc67)cc5)c5cccc6c5sc5ccccc56)cc4)ccc3c3ccc4ccccc4c32)cc1. The zero-order chi connectivity index (χ0) is 40.7. The van der Waals surface area contributed by atoms with Crippen molar-refractivity contribution in [2.45, 2.75) is 0 Å². The summed E-state index contributed by atoms with van der Waals surface area (Å²) in [5.41, 5.74) is 13.3. The highest BCUT2D eigenvalue weighted by atomic mass is 32.1. The zero-order valence-electron chi connectivity index (χ0n) is 33.5. The van der Waals surface area contributed by atoms with Gasteiger partial charge < -0.3 is 13.9 Å². The molecule has 0 radical (unpaired) electrons. The quantitative estimate of drug-likeness (QED) is 0.167. The lowest BCUT2D eigenvalue weighted by atomic mass is 10.0. The summed E-state index contributed by atoms with van der Waals surface area (Å²) in [5, 5.41) is 9.83. The fourth-order valence-corrected chi connectivity index (χ4v) is 10.9. The molecule has 13 aromatic rings. The summed E-state index contributed by atoms with van der Waals surface area (Å²) in [6, 6.07) is 79.2. The van der Waals surface area contributed by atoms with Crippen LogP contribution in [0, 0.1) is 0 Å². The van der Waals surface area contributed by atoms with Crippen LogP contribution in [0.4, 0.5) is 17.1 Å². The molecule has 13 rings (SSSR count). The molecule has 3 heterocycles. The lowest BCUT2D eigenvalue weighted by Gasteiger charge is -2.26. The normalized spacial score (nSPS) is 11.9. The molecular formula is C58H36N2OS. The van der Waals surface area contributed by atoms with Gasteiger partial charge >= 0.3 is 0 Å². The highest BCUT2D eigenvalue weighted by Gasteiger charge is 2.20. The molecule has 0 atom stereocenters. The van der Waals surface area contributed by atoms with Crippen molar-refractivity contribution in [3.63, 3.8) is 0 Å². The van der Waals surface area contributed by atoms with Crippen molar-refractivity contribution >= 4 is 103 Å². The average Bonchev–Trinajstić information content (AvgIpc) is 4.02. The summed E-state index contributed by atoms with van der Waals surface area (Å²) in [4.78, 5) is 2.41. The molecule has 62 heavy (non-hydrogen) atoms. The molecule has 0 aliphatic rings. The van der Waals surface area contributed by atoms with Gasteiger partial charge in [0.25, 0.3) is 0 Å². The van der Waals surface area contributed by atoms with Gasteiger partial charge in [-0.3, -0.25) is 0 Å². The number of anilines is 3. The van der Waals surface area contributed by atoms with Gasteiger partial charge in [-0.15, -0.1) is 11.3 Å². The van der Waals surface area contributed by atoms with Gasteiger partial charge in [-0.2, -0.15) is 0 Å². The van der Waals surface area contributed by atoms with E-state index in [9.17, 15) is 0 Å². The molecule has 0 saturated heterocycles. The minimum absolute atomic E-state index is 0.907. The highest BCUT2D eigenvalue weighted by molar-refractivity contribution is 7.26. The lowest BCUT2D eigenvalue weighted by Crippen LogP contribution is -2.10. The van der Waals surface area contributed by atoms with Gasteiger partial charge in [0, 0.05) is 65.0 Å².